The summed E-state index contributed by atoms with van der Waals surface area (Å²) in [4.78, 5) is 3.47. The molecule has 0 fully saturated rings. The van der Waals surface area contributed by atoms with Gasteiger partial charge in [0, 0.05) is 0 Å². The second-order valence-corrected chi connectivity index (χ2v) is 2.11. The SMILES string of the molecule is CC1=NC=COC1C(F)(F)F. The number of ether oxygens (including phenoxy) is 1. The molecule has 1 aliphatic rings. The van der Waals surface area contributed by atoms with Crippen LogP contribution >= 0.6 is 0 Å². The monoisotopic (exact) mass is 165 g/mol. The van der Waals surface area contributed by atoms with Gasteiger partial charge in [0.25, 0.3) is 0 Å². The summed E-state index contributed by atoms with van der Waals surface area (Å²) < 4.78 is 40.2. The Morgan fingerprint density at radius 3 is 2.55 bits per heavy atom. The molecule has 1 aliphatic heterocycles. The van der Waals surface area contributed by atoms with Crippen molar-refractivity contribution >= 4 is 5.71 Å². The minimum Gasteiger partial charge on any atom is -0.481 e. The first kappa shape index (κ1) is 8.10. The summed E-state index contributed by atoms with van der Waals surface area (Å²) in [5.41, 5.74) is -0.0694. The van der Waals surface area contributed by atoms with Crippen LogP contribution in [0.4, 0.5) is 13.2 Å². The number of alkyl halides is 3. The second-order valence-electron chi connectivity index (χ2n) is 2.11. The van der Waals surface area contributed by atoms with Crippen LogP contribution < -0.4 is 0 Å². The topological polar surface area (TPSA) is 21.6 Å². The van der Waals surface area contributed by atoms with Gasteiger partial charge in [0.05, 0.1) is 11.9 Å². The second kappa shape index (κ2) is 2.56. The van der Waals surface area contributed by atoms with E-state index < -0.39 is 12.3 Å². The average molecular weight is 165 g/mol. The van der Waals surface area contributed by atoms with Crippen LogP contribution in [0.15, 0.2) is 17.5 Å². The highest BCUT2D eigenvalue weighted by Gasteiger charge is 2.43. The maximum absolute atomic E-state index is 12.0. The number of hydrogen-bond acceptors (Lipinski definition) is 2. The Labute approximate surface area is 61.4 Å². The molecule has 5 heteroatoms. The van der Waals surface area contributed by atoms with Crippen molar-refractivity contribution in [3.8, 4) is 0 Å². The van der Waals surface area contributed by atoms with E-state index in [4.69, 9.17) is 0 Å². The van der Waals surface area contributed by atoms with Crippen LogP contribution in [0, 0.1) is 0 Å². The van der Waals surface area contributed by atoms with Crippen molar-refractivity contribution in [1.29, 1.82) is 0 Å². The minimum atomic E-state index is -4.36. The molecule has 0 saturated heterocycles. The molecule has 0 amide bonds. The lowest BCUT2D eigenvalue weighted by atomic mass is 10.2. The minimum absolute atomic E-state index is 0.0694. The van der Waals surface area contributed by atoms with E-state index >= 15 is 0 Å². The third kappa shape index (κ3) is 1.72. The predicted octanol–water partition coefficient (Wildman–Crippen LogP) is 1.88. The summed E-state index contributed by atoms with van der Waals surface area (Å²) in [6, 6.07) is 0. The quantitative estimate of drug-likeness (QED) is 0.537. The van der Waals surface area contributed by atoms with E-state index in [0.717, 1.165) is 6.26 Å². The zero-order chi connectivity index (χ0) is 8.48. The molecular weight excluding hydrogens is 159 g/mol. The summed E-state index contributed by atoms with van der Waals surface area (Å²) in [6.45, 7) is 1.28. The van der Waals surface area contributed by atoms with Crippen molar-refractivity contribution in [1.82, 2.24) is 0 Å². The predicted molar refractivity (Wildman–Crippen MR) is 33.2 cm³/mol. The molecule has 1 rings (SSSR count). The molecule has 0 spiro atoms. The summed E-state index contributed by atoms with van der Waals surface area (Å²) >= 11 is 0. The van der Waals surface area contributed by atoms with E-state index in [9.17, 15) is 13.2 Å². The van der Waals surface area contributed by atoms with Gasteiger partial charge < -0.3 is 4.74 Å². The fourth-order valence-electron chi connectivity index (χ4n) is 0.742. The zero-order valence-corrected chi connectivity index (χ0v) is 5.72. The maximum atomic E-state index is 12.0. The fourth-order valence-corrected chi connectivity index (χ4v) is 0.742. The Kier molecular flexibility index (Phi) is 1.89. The third-order valence-electron chi connectivity index (χ3n) is 1.23. The molecule has 1 atom stereocenters. The number of aliphatic imine (C=N–C) groups is 1. The summed E-state index contributed by atoms with van der Waals surface area (Å²) in [6.07, 6.45) is -4.10. The van der Waals surface area contributed by atoms with Gasteiger partial charge >= 0.3 is 6.18 Å². The highest BCUT2D eigenvalue weighted by molar-refractivity contribution is 5.88. The zero-order valence-electron chi connectivity index (χ0n) is 5.72. The van der Waals surface area contributed by atoms with Crippen molar-refractivity contribution in [3.05, 3.63) is 12.5 Å². The number of halogens is 3. The van der Waals surface area contributed by atoms with Crippen molar-refractivity contribution in [2.45, 2.75) is 19.2 Å². The lowest BCUT2D eigenvalue weighted by molar-refractivity contribution is -0.183. The van der Waals surface area contributed by atoms with Crippen LogP contribution in [0.5, 0.6) is 0 Å². The van der Waals surface area contributed by atoms with Crippen LogP contribution in [0.3, 0.4) is 0 Å². The van der Waals surface area contributed by atoms with Gasteiger partial charge in [-0.1, -0.05) is 0 Å². The maximum Gasteiger partial charge on any atom is 0.430 e. The van der Waals surface area contributed by atoms with E-state index in [1.807, 2.05) is 0 Å². The number of hydrogen-bond donors (Lipinski definition) is 0. The van der Waals surface area contributed by atoms with Gasteiger partial charge in [0.2, 0.25) is 6.10 Å². The molecule has 0 aromatic rings. The van der Waals surface area contributed by atoms with E-state index in [1.165, 1.54) is 13.1 Å². The molecule has 1 unspecified atom stereocenters. The van der Waals surface area contributed by atoms with Crippen LogP contribution in [0.25, 0.3) is 0 Å². The number of rotatable bonds is 0. The van der Waals surface area contributed by atoms with E-state index in [0.29, 0.717) is 0 Å². The first-order chi connectivity index (χ1) is 5.02. The molecule has 62 valence electrons. The lowest BCUT2D eigenvalue weighted by Crippen LogP contribution is -2.37. The van der Waals surface area contributed by atoms with E-state index in [1.54, 1.807) is 0 Å². The van der Waals surface area contributed by atoms with Crippen LogP contribution in [0.1, 0.15) is 6.92 Å². The smallest absolute Gasteiger partial charge is 0.430 e. The van der Waals surface area contributed by atoms with Gasteiger partial charge in [-0.15, -0.1) is 0 Å². The normalized spacial score (nSPS) is 24.4. The van der Waals surface area contributed by atoms with Crippen molar-refractivity contribution in [2.75, 3.05) is 0 Å². The Morgan fingerprint density at radius 2 is 2.18 bits per heavy atom. The van der Waals surface area contributed by atoms with Gasteiger partial charge in [-0.25, -0.2) is 0 Å². The fraction of sp³-hybridized carbons (Fsp3) is 0.500. The van der Waals surface area contributed by atoms with Crippen LogP contribution in [-0.2, 0) is 4.74 Å². The molecule has 0 aliphatic carbocycles. The first-order valence-corrected chi connectivity index (χ1v) is 2.93. The third-order valence-corrected chi connectivity index (χ3v) is 1.23. The van der Waals surface area contributed by atoms with Crippen molar-refractivity contribution < 1.29 is 17.9 Å². The molecule has 0 bridgehead atoms. The summed E-state index contributed by atoms with van der Waals surface area (Å²) in [7, 11) is 0. The lowest BCUT2D eigenvalue weighted by Gasteiger charge is -2.20. The molecule has 0 aromatic heterocycles. The summed E-state index contributed by atoms with van der Waals surface area (Å²) in [5, 5.41) is 0. The Balaban J connectivity index is 2.76. The van der Waals surface area contributed by atoms with Gasteiger partial charge in [0.15, 0.2) is 0 Å². The van der Waals surface area contributed by atoms with Gasteiger partial charge in [0.1, 0.15) is 6.26 Å². The molecule has 0 aromatic carbocycles. The number of nitrogens with zero attached hydrogens (tertiary/aromatic N) is 1. The molecule has 0 N–H and O–H groups in total. The van der Waals surface area contributed by atoms with Gasteiger partial charge in [-0.05, 0) is 6.92 Å². The first-order valence-electron chi connectivity index (χ1n) is 2.93. The van der Waals surface area contributed by atoms with E-state index in [2.05, 4.69) is 9.73 Å². The Bertz CT molecular complexity index is 206. The average Bonchev–Trinajstić information content (AvgIpc) is 1.86. The Morgan fingerprint density at radius 1 is 1.55 bits per heavy atom. The highest BCUT2D eigenvalue weighted by atomic mass is 19.4. The largest absolute Gasteiger partial charge is 0.481 e. The van der Waals surface area contributed by atoms with Gasteiger partial charge in [-0.2, -0.15) is 13.2 Å². The Hall–Kier alpha value is -1.00. The molecule has 2 nitrogen and oxygen atoms in total. The van der Waals surface area contributed by atoms with E-state index in [-0.39, 0.29) is 5.71 Å². The van der Waals surface area contributed by atoms with Crippen molar-refractivity contribution in [3.63, 3.8) is 0 Å². The molecule has 0 radical (unpaired) electrons. The standard InChI is InChI=1S/C6H6F3NO/c1-4-5(6(7,8)9)11-3-2-10-4/h2-3,5H,1H3. The molecule has 11 heavy (non-hydrogen) atoms. The van der Waals surface area contributed by atoms with Crippen LogP contribution in [0.2, 0.25) is 0 Å². The molecular formula is C6H6F3NO. The van der Waals surface area contributed by atoms with Crippen LogP contribution in [-0.4, -0.2) is 18.0 Å². The van der Waals surface area contributed by atoms with Gasteiger partial charge in [-0.3, -0.25) is 4.99 Å². The highest BCUT2D eigenvalue weighted by Crippen LogP contribution is 2.25. The summed E-state index contributed by atoms with van der Waals surface area (Å²) in [5.74, 6) is 0. The van der Waals surface area contributed by atoms with Crippen molar-refractivity contribution in [2.24, 2.45) is 4.99 Å². The molecule has 1 heterocycles. The molecule has 0 saturated carbocycles.